The lowest BCUT2D eigenvalue weighted by atomic mass is 10.0. The van der Waals surface area contributed by atoms with Crippen molar-refractivity contribution in [3.05, 3.63) is 58.7 Å². The molecule has 10 heteroatoms. The summed E-state index contributed by atoms with van der Waals surface area (Å²) in [7, 11) is 2.68. The molecule has 2 aromatic rings. The van der Waals surface area contributed by atoms with Crippen LogP contribution in [0.5, 0.6) is 0 Å². The van der Waals surface area contributed by atoms with E-state index in [-0.39, 0.29) is 17.3 Å². The molecule has 0 unspecified atom stereocenters. The number of amides is 1. The first-order valence-electron chi connectivity index (χ1n) is 9.42. The molecular formula is C20H29FN5O3S+. The molecule has 164 valence electrons. The zero-order valence-corrected chi connectivity index (χ0v) is 18.8. The molecule has 0 aliphatic heterocycles. The quantitative estimate of drug-likeness (QED) is 0.659. The Balaban J connectivity index is 2.45. The topological polar surface area (TPSA) is 103 Å². The number of hydrogen-bond donors (Lipinski definition) is 1. The molecule has 0 radical (unpaired) electrons. The molecule has 0 atom stereocenters. The summed E-state index contributed by atoms with van der Waals surface area (Å²) >= 11 is 0. The molecule has 0 aliphatic rings. The van der Waals surface area contributed by atoms with Gasteiger partial charge in [-0.05, 0) is 24.6 Å². The smallest absolute Gasteiger partial charge is 0.271 e. The van der Waals surface area contributed by atoms with Crippen LogP contribution >= 0.6 is 0 Å². The van der Waals surface area contributed by atoms with Crippen LogP contribution in [0.2, 0.25) is 0 Å². The molecule has 8 nitrogen and oxygen atoms in total. The van der Waals surface area contributed by atoms with Crippen LogP contribution in [0.3, 0.4) is 0 Å². The van der Waals surface area contributed by atoms with Crippen molar-refractivity contribution in [2.75, 3.05) is 34.7 Å². The molecule has 0 bridgehead atoms. The van der Waals surface area contributed by atoms with Crippen molar-refractivity contribution < 1.29 is 23.3 Å². The van der Waals surface area contributed by atoms with Gasteiger partial charge in [-0.15, -0.1) is 0 Å². The third-order valence-electron chi connectivity index (χ3n) is 4.61. The van der Waals surface area contributed by atoms with E-state index in [0.717, 1.165) is 9.87 Å². The van der Waals surface area contributed by atoms with Gasteiger partial charge in [0.15, 0.2) is 0 Å². The van der Waals surface area contributed by atoms with Gasteiger partial charge in [-0.1, -0.05) is 12.1 Å². The Morgan fingerprint density at radius 3 is 2.30 bits per heavy atom. The van der Waals surface area contributed by atoms with Crippen molar-refractivity contribution in [2.24, 2.45) is 0 Å². The Morgan fingerprint density at radius 1 is 1.20 bits per heavy atom. The first-order valence-corrected chi connectivity index (χ1v) is 10.9. The number of halogens is 1. The Kier molecular flexibility index (Phi) is 7.51. The molecule has 0 aliphatic carbocycles. The van der Waals surface area contributed by atoms with Crippen molar-refractivity contribution in [3.8, 4) is 0 Å². The van der Waals surface area contributed by atoms with Gasteiger partial charge < -0.3 is 10.6 Å². The maximum Gasteiger partial charge on any atom is 0.271 e. The lowest BCUT2D eigenvalue weighted by Gasteiger charge is -2.14. The molecule has 0 saturated carbocycles. The second-order valence-corrected chi connectivity index (χ2v) is 9.47. The summed E-state index contributed by atoms with van der Waals surface area (Å²) in [6.07, 6.45) is 1.72. The number of allylic oxidation sites excluding steroid dienone is 1. The molecule has 0 fully saturated rings. The third-order valence-corrected chi connectivity index (χ3v) is 6.44. The van der Waals surface area contributed by atoms with E-state index < -0.39 is 15.9 Å². The summed E-state index contributed by atoms with van der Waals surface area (Å²) < 4.78 is 41.1. The van der Waals surface area contributed by atoms with Crippen molar-refractivity contribution in [3.63, 3.8) is 0 Å². The van der Waals surface area contributed by atoms with E-state index in [1.54, 1.807) is 33.2 Å². The van der Waals surface area contributed by atoms with E-state index in [4.69, 9.17) is 0 Å². The molecule has 1 heterocycles. The van der Waals surface area contributed by atoms with Crippen molar-refractivity contribution in [1.29, 1.82) is 0 Å². The number of hydrogen-bond acceptors (Lipinski definition) is 4. The summed E-state index contributed by atoms with van der Waals surface area (Å²) in [5.41, 5.74) is 6.03. The fourth-order valence-electron chi connectivity index (χ4n) is 2.95. The fraction of sp³-hybridized carbons (Fsp3) is 0.400. The minimum absolute atomic E-state index is 0.148. The highest BCUT2D eigenvalue weighted by Crippen LogP contribution is 2.22. The SMILES string of the molecule is Cc1nn(C/C(F)=C/C[NH3+])c(C(=O)N(C)C)c1Cc1ccc(S(=O)(=O)N(C)C)cc1. The fourth-order valence-corrected chi connectivity index (χ4v) is 3.86. The van der Waals surface area contributed by atoms with E-state index in [1.807, 2.05) is 0 Å². The predicted molar refractivity (Wildman–Crippen MR) is 112 cm³/mol. The van der Waals surface area contributed by atoms with Crippen LogP contribution in [0.4, 0.5) is 4.39 Å². The van der Waals surface area contributed by atoms with E-state index in [9.17, 15) is 17.6 Å². The molecule has 1 amide bonds. The minimum atomic E-state index is -3.52. The number of carbonyl (C=O) groups excluding carboxylic acids is 1. The van der Waals surface area contributed by atoms with E-state index >= 15 is 0 Å². The number of aryl methyl sites for hydroxylation is 1. The van der Waals surface area contributed by atoms with Gasteiger partial charge in [0.2, 0.25) is 10.0 Å². The van der Waals surface area contributed by atoms with Crippen LogP contribution in [0, 0.1) is 6.92 Å². The molecule has 2 rings (SSSR count). The van der Waals surface area contributed by atoms with Gasteiger partial charge in [-0.25, -0.2) is 17.1 Å². The van der Waals surface area contributed by atoms with Crippen molar-refractivity contribution in [1.82, 2.24) is 19.0 Å². The summed E-state index contributed by atoms with van der Waals surface area (Å²) in [6, 6.07) is 6.49. The summed E-state index contributed by atoms with van der Waals surface area (Å²) in [5, 5.41) is 4.38. The van der Waals surface area contributed by atoms with Gasteiger partial charge in [0.1, 0.15) is 11.5 Å². The average molecular weight is 439 g/mol. The van der Waals surface area contributed by atoms with Gasteiger partial charge in [-0.3, -0.25) is 9.48 Å². The van der Waals surface area contributed by atoms with Crippen LogP contribution in [0.15, 0.2) is 41.1 Å². The van der Waals surface area contributed by atoms with Crippen molar-refractivity contribution in [2.45, 2.75) is 24.8 Å². The van der Waals surface area contributed by atoms with Crippen LogP contribution < -0.4 is 5.73 Å². The molecule has 0 spiro atoms. The highest BCUT2D eigenvalue weighted by atomic mass is 32.2. The summed E-state index contributed by atoms with van der Waals surface area (Å²) in [5.74, 6) is -0.690. The number of aromatic nitrogens is 2. The van der Waals surface area contributed by atoms with E-state index in [2.05, 4.69) is 10.8 Å². The monoisotopic (exact) mass is 438 g/mol. The maximum atomic E-state index is 14.1. The second kappa shape index (κ2) is 9.50. The number of quaternary nitrogens is 1. The molecule has 30 heavy (non-hydrogen) atoms. The summed E-state index contributed by atoms with van der Waals surface area (Å²) in [4.78, 5) is 14.4. The number of rotatable bonds is 8. The predicted octanol–water partition coefficient (Wildman–Crippen LogP) is 0.830. The zero-order chi connectivity index (χ0) is 22.6. The molecule has 0 saturated heterocycles. The lowest BCUT2D eigenvalue weighted by Crippen LogP contribution is -2.49. The van der Waals surface area contributed by atoms with E-state index in [1.165, 1.54) is 41.9 Å². The van der Waals surface area contributed by atoms with E-state index in [0.29, 0.717) is 29.9 Å². The largest absolute Gasteiger partial charge is 0.354 e. The zero-order valence-electron chi connectivity index (χ0n) is 18.0. The van der Waals surface area contributed by atoms with Gasteiger partial charge in [-0.2, -0.15) is 5.10 Å². The molecule has 1 aromatic heterocycles. The number of nitrogens with zero attached hydrogens (tertiary/aromatic N) is 4. The van der Waals surface area contributed by atoms with Gasteiger partial charge in [0.25, 0.3) is 5.91 Å². The Hall–Kier alpha value is -2.56. The molecular weight excluding hydrogens is 409 g/mol. The Morgan fingerprint density at radius 2 is 1.80 bits per heavy atom. The lowest BCUT2D eigenvalue weighted by molar-refractivity contribution is -0.353. The van der Waals surface area contributed by atoms with Crippen LogP contribution in [0.25, 0.3) is 0 Å². The number of sulfonamides is 1. The van der Waals surface area contributed by atoms with Crippen LogP contribution in [0.1, 0.15) is 27.3 Å². The van der Waals surface area contributed by atoms with Gasteiger partial charge in [0.05, 0.1) is 23.7 Å². The highest BCUT2D eigenvalue weighted by Gasteiger charge is 2.24. The first kappa shape index (κ1) is 23.7. The highest BCUT2D eigenvalue weighted by molar-refractivity contribution is 7.89. The average Bonchev–Trinajstić information content (AvgIpc) is 2.96. The van der Waals surface area contributed by atoms with Crippen LogP contribution in [-0.4, -0.2) is 68.0 Å². The molecule has 3 N–H and O–H groups in total. The second-order valence-electron chi connectivity index (χ2n) is 7.32. The normalized spacial score (nSPS) is 12.5. The molecule has 1 aromatic carbocycles. The number of carbonyl (C=O) groups is 1. The van der Waals surface area contributed by atoms with Crippen molar-refractivity contribution >= 4 is 15.9 Å². The van der Waals surface area contributed by atoms with Gasteiger partial charge >= 0.3 is 0 Å². The maximum absolute atomic E-state index is 14.1. The Bertz CT molecular complexity index is 1040. The third kappa shape index (κ3) is 5.13. The van der Waals surface area contributed by atoms with Gasteiger partial charge in [0, 0.05) is 46.3 Å². The number of benzene rings is 1. The van der Waals surface area contributed by atoms with Crippen LogP contribution in [-0.2, 0) is 23.0 Å². The first-order chi connectivity index (χ1) is 14.0. The standard InChI is InChI=1S/C20H28FN5O3S/c1-14-18(12-15-6-8-17(9-7-15)30(28,29)25(4)5)19(20(27)24(2)3)26(23-14)13-16(21)10-11-22/h6-10H,11-13,22H2,1-5H3/p+1/b16-10-. The Labute approximate surface area is 176 Å². The summed E-state index contributed by atoms with van der Waals surface area (Å²) in [6.45, 7) is 1.93. The minimum Gasteiger partial charge on any atom is -0.354 e.